The monoisotopic (exact) mass is 495 g/mol. The summed E-state index contributed by atoms with van der Waals surface area (Å²) in [5.41, 5.74) is 1.84. The second-order valence-corrected chi connectivity index (χ2v) is 10.5. The first-order valence-corrected chi connectivity index (χ1v) is 12.5. The molecule has 0 aliphatic rings. The van der Waals surface area contributed by atoms with Crippen LogP contribution in [0.15, 0.2) is 83.8 Å². The summed E-state index contributed by atoms with van der Waals surface area (Å²) in [6.45, 7) is 6.02. The number of amides is 2. The van der Waals surface area contributed by atoms with Gasteiger partial charge in [-0.15, -0.1) is 0 Å². The number of rotatable bonds is 8. The first-order valence-electron chi connectivity index (χ1n) is 11.0. The molecule has 0 aliphatic carbocycles. The van der Waals surface area contributed by atoms with E-state index in [1.807, 2.05) is 24.3 Å². The topological polar surface area (TPSA) is 114 Å². The Labute approximate surface area is 205 Å². The summed E-state index contributed by atoms with van der Waals surface area (Å²) in [7, 11) is -3.75. The molecule has 0 bridgehead atoms. The first kappa shape index (κ1) is 25.8. The van der Waals surface area contributed by atoms with Crippen molar-refractivity contribution in [3.8, 4) is 0 Å². The Morgan fingerprint density at radius 2 is 1.40 bits per heavy atom. The minimum Gasteiger partial charge on any atom is -0.444 e. The zero-order valence-electron chi connectivity index (χ0n) is 19.9. The molecule has 0 spiro atoms. The van der Waals surface area contributed by atoms with E-state index < -0.39 is 21.7 Å². The SMILES string of the molecule is CC(C)(C)OC(=O)NCc1ccc(CNC(=O)c2cccc(NS(=O)(=O)c3ccccc3)c2)cc1. The number of hydrogen-bond acceptors (Lipinski definition) is 5. The largest absolute Gasteiger partial charge is 0.444 e. The fourth-order valence-electron chi connectivity index (χ4n) is 3.09. The van der Waals surface area contributed by atoms with Gasteiger partial charge in [0.15, 0.2) is 0 Å². The summed E-state index contributed by atoms with van der Waals surface area (Å²) in [4.78, 5) is 24.5. The van der Waals surface area contributed by atoms with E-state index in [9.17, 15) is 18.0 Å². The highest BCUT2D eigenvalue weighted by Crippen LogP contribution is 2.17. The Balaban J connectivity index is 1.54. The second-order valence-electron chi connectivity index (χ2n) is 8.85. The molecular formula is C26H29N3O5S. The van der Waals surface area contributed by atoms with Gasteiger partial charge in [0.2, 0.25) is 0 Å². The normalized spacial score (nSPS) is 11.4. The summed E-state index contributed by atoms with van der Waals surface area (Å²) in [6.07, 6.45) is -0.484. The number of carbonyl (C=O) groups is 2. The molecule has 0 saturated heterocycles. The molecule has 0 unspecified atom stereocenters. The van der Waals surface area contributed by atoms with E-state index in [4.69, 9.17) is 4.74 Å². The van der Waals surface area contributed by atoms with Gasteiger partial charge in [0.05, 0.1) is 4.90 Å². The van der Waals surface area contributed by atoms with Crippen LogP contribution in [-0.4, -0.2) is 26.0 Å². The number of hydrogen-bond donors (Lipinski definition) is 3. The lowest BCUT2D eigenvalue weighted by Crippen LogP contribution is -2.32. The molecule has 3 aromatic rings. The van der Waals surface area contributed by atoms with Crippen molar-refractivity contribution >= 4 is 27.7 Å². The lowest BCUT2D eigenvalue weighted by molar-refractivity contribution is 0.0523. The summed E-state index contributed by atoms with van der Waals surface area (Å²) >= 11 is 0. The zero-order chi connectivity index (χ0) is 25.5. The van der Waals surface area contributed by atoms with Gasteiger partial charge in [0.1, 0.15) is 5.60 Å². The summed E-state index contributed by atoms with van der Waals surface area (Å²) in [5.74, 6) is -0.332. The zero-order valence-corrected chi connectivity index (χ0v) is 20.7. The average molecular weight is 496 g/mol. The van der Waals surface area contributed by atoms with Crippen molar-refractivity contribution in [2.45, 2.75) is 44.4 Å². The number of anilines is 1. The van der Waals surface area contributed by atoms with Gasteiger partial charge in [-0.1, -0.05) is 48.5 Å². The standard InChI is InChI=1S/C26H29N3O5S/c1-26(2,3)34-25(31)28-18-20-14-12-19(13-15-20)17-27-24(30)21-8-7-9-22(16-21)29-35(32,33)23-10-5-4-6-11-23/h4-16,29H,17-18H2,1-3H3,(H,27,30)(H,28,31). The molecule has 3 rings (SSSR count). The van der Waals surface area contributed by atoms with Crippen LogP contribution in [0.3, 0.4) is 0 Å². The van der Waals surface area contributed by atoms with Crippen LogP contribution in [0.1, 0.15) is 42.3 Å². The van der Waals surface area contributed by atoms with E-state index in [2.05, 4.69) is 15.4 Å². The Hall–Kier alpha value is -3.85. The smallest absolute Gasteiger partial charge is 0.407 e. The number of benzene rings is 3. The van der Waals surface area contributed by atoms with Crippen LogP contribution in [0.5, 0.6) is 0 Å². The molecule has 0 aromatic heterocycles. The van der Waals surface area contributed by atoms with E-state index in [0.717, 1.165) is 11.1 Å². The van der Waals surface area contributed by atoms with Gasteiger partial charge in [0, 0.05) is 24.3 Å². The van der Waals surface area contributed by atoms with Crippen molar-refractivity contribution < 1.29 is 22.7 Å². The molecule has 3 N–H and O–H groups in total. The van der Waals surface area contributed by atoms with Gasteiger partial charge in [-0.2, -0.15) is 0 Å². The van der Waals surface area contributed by atoms with Crippen LogP contribution < -0.4 is 15.4 Å². The van der Waals surface area contributed by atoms with Crippen LogP contribution in [0.25, 0.3) is 0 Å². The predicted octanol–water partition coefficient (Wildman–Crippen LogP) is 4.44. The van der Waals surface area contributed by atoms with Gasteiger partial charge in [0.25, 0.3) is 15.9 Å². The van der Waals surface area contributed by atoms with E-state index >= 15 is 0 Å². The highest BCUT2D eigenvalue weighted by Gasteiger charge is 2.16. The van der Waals surface area contributed by atoms with Crippen molar-refractivity contribution in [2.24, 2.45) is 0 Å². The Morgan fingerprint density at radius 1 is 0.800 bits per heavy atom. The summed E-state index contributed by atoms with van der Waals surface area (Å²) < 4.78 is 32.8. The van der Waals surface area contributed by atoms with Crippen molar-refractivity contribution in [2.75, 3.05) is 4.72 Å². The van der Waals surface area contributed by atoms with Crippen LogP contribution in [-0.2, 0) is 27.8 Å². The number of carbonyl (C=O) groups excluding carboxylic acids is 2. The van der Waals surface area contributed by atoms with Crippen LogP contribution in [0, 0.1) is 0 Å². The van der Waals surface area contributed by atoms with Crippen molar-refractivity contribution in [3.63, 3.8) is 0 Å². The lowest BCUT2D eigenvalue weighted by Gasteiger charge is -2.19. The first-order chi connectivity index (χ1) is 16.5. The van der Waals surface area contributed by atoms with Gasteiger partial charge in [-0.3, -0.25) is 9.52 Å². The molecule has 0 aliphatic heterocycles. The summed E-state index contributed by atoms with van der Waals surface area (Å²) in [5, 5.41) is 5.53. The van der Waals surface area contributed by atoms with Gasteiger partial charge < -0.3 is 15.4 Å². The predicted molar refractivity (Wildman–Crippen MR) is 134 cm³/mol. The third-order valence-electron chi connectivity index (χ3n) is 4.74. The number of ether oxygens (including phenoxy) is 1. The number of nitrogens with one attached hydrogen (secondary N) is 3. The number of alkyl carbamates (subject to hydrolysis) is 1. The molecule has 0 atom stereocenters. The highest BCUT2D eigenvalue weighted by molar-refractivity contribution is 7.92. The van der Waals surface area contributed by atoms with E-state index in [1.54, 1.807) is 57.2 Å². The third kappa shape index (κ3) is 8.15. The molecule has 0 heterocycles. The molecule has 9 heteroatoms. The molecule has 0 radical (unpaired) electrons. The highest BCUT2D eigenvalue weighted by atomic mass is 32.2. The quantitative estimate of drug-likeness (QED) is 0.428. The van der Waals surface area contributed by atoms with Crippen molar-refractivity contribution in [1.29, 1.82) is 0 Å². The molecule has 2 amide bonds. The summed E-state index contributed by atoms with van der Waals surface area (Å²) in [6, 6.07) is 21.7. The fraction of sp³-hybridized carbons (Fsp3) is 0.231. The Kier molecular flexibility index (Phi) is 8.14. The Bertz CT molecular complexity index is 1270. The van der Waals surface area contributed by atoms with Crippen molar-refractivity contribution in [3.05, 3.63) is 95.6 Å². The van der Waals surface area contributed by atoms with E-state index in [0.29, 0.717) is 24.3 Å². The van der Waals surface area contributed by atoms with Crippen molar-refractivity contribution in [1.82, 2.24) is 10.6 Å². The molecule has 0 fully saturated rings. The molecule has 8 nitrogen and oxygen atoms in total. The van der Waals surface area contributed by atoms with E-state index in [1.165, 1.54) is 18.2 Å². The molecule has 0 saturated carbocycles. The van der Waals surface area contributed by atoms with Crippen LogP contribution >= 0.6 is 0 Å². The molecule has 184 valence electrons. The van der Waals surface area contributed by atoms with E-state index in [-0.39, 0.29) is 10.8 Å². The fourth-order valence-corrected chi connectivity index (χ4v) is 4.16. The maximum Gasteiger partial charge on any atom is 0.407 e. The number of sulfonamides is 1. The second kappa shape index (κ2) is 11.1. The molecule has 3 aromatic carbocycles. The Morgan fingerprint density at radius 3 is 2.00 bits per heavy atom. The molecular weight excluding hydrogens is 466 g/mol. The van der Waals surface area contributed by atoms with Crippen LogP contribution in [0.2, 0.25) is 0 Å². The maximum atomic E-state index is 12.6. The van der Waals surface area contributed by atoms with Crippen LogP contribution in [0.4, 0.5) is 10.5 Å². The average Bonchev–Trinajstić information content (AvgIpc) is 2.81. The maximum absolute atomic E-state index is 12.6. The third-order valence-corrected chi connectivity index (χ3v) is 6.14. The van der Waals surface area contributed by atoms with Gasteiger partial charge in [-0.25, -0.2) is 13.2 Å². The van der Waals surface area contributed by atoms with Gasteiger partial charge >= 0.3 is 6.09 Å². The molecule has 35 heavy (non-hydrogen) atoms. The minimum absolute atomic E-state index is 0.139. The lowest BCUT2D eigenvalue weighted by atomic mass is 10.1. The minimum atomic E-state index is -3.75. The van der Waals surface area contributed by atoms with Gasteiger partial charge in [-0.05, 0) is 62.2 Å².